The number of benzene rings is 1. The summed E-state index contributed by atoms with van der Waals surface area (Å²) >= 11 is 0. The number of isocyanates is 1. The lowest BCUT2D eigenvalue weighted by Crippen LogP contribution is -2.08. The minimum atomic E-state index is -0.199. The highest BCUT2D eigenvalue weighted by atomic mass is 16.5. The molecule has 17 heavy (non-hydrogen) atoms. The molecule has 0 amide bonds. The lowest BCUT2D eigenvalue weighted by molar-refractivity contribution is -0.143. The van der Waals surface area contributed by atoms with E-state index in [-0.39, 0.29) is 11.9 Å². The number of nitrogens with zero attached hydrogens (tertiary/aromatic N) is 1. The molecule has 1 aromatic rings. The number of hydrogen-bond acceptors (Lipinski definition) is 4. The Labute approximate surface area is 100 Å². The second-order valence-electron chi connectivity index (χ2n) is 3.70. The third kappa shape index (κ3) is 4.21. The smallest absolute Gasteiger partial charge is 0.306 e. The zero-order chi connectivity index (χ0) is 12.7. The third-order valence-electron chi connectivity index (χ3n) is 2.42. The van der Waals surface area contributed by atoms with Gasteiger partial charge in [-0.2, -0.15) is 4.99 Å². The zero-order valence-electron chi connectivity index (χ0n) is 9.97. The summed E-state index contributed by atoms with van der Waals surface area (Å²) in [5.41, 5.74) is 1.58. The molecule has 0 aliphatic rings. The van der Waals surface area contributed by atoms with Gasteiger partial charge >= 0.3 is 5.97 Å². The largest absolute Gasteiger partial charge is 0.466 e. The summed E-state index contributed by atoms with van der Waals surface area (Å²) in [6, 6.07) is 7.14. The van der Waals surface area contributed by atoms with Crippen molar-refractivity contribution in [1.82, 2.24) is 0 Å². The van der Waals surface area contributed by atoms with Crippen molar-refractivity contribution >= 4 is 17.7 Å². The van der Waals surface area contributed by atoms with Crippen LogP contribution in [0.5, 0.6) is 0 Å². The Morgan fingerprint density at radius 2 is 2.06 bits per heavy atom. The van der Waals surface area contributed by atoms with Gasteiger partial charge in [0.05, 0.1) is 18.7 Å². The van der Waals surface area contributed by atoms with Crippen LogP contribution in [0.25, 0.3) is 0 Å². The molecule has 0 radical (unpaired) electrons. The Morgan fingerprint density at radius 1 is 1.41 bits per heavy atom. The molecule has 90 valence electrons. The molecular weight excluding hydrogens is 218 g/mol. The summed E-state index contributed by atoms with van der Waals surface area (Å²) in [4.78, 5) is 24.9. The highest BCUT2D eigenvalue weighted by Crippen LogP contribution is 2.22. The molecule has 0 fully saturated rings. The van der Waals surface area contributed by atoms with Crippen molar-refractivity contribution < 1.29 is 14.3 Å². The van der Waals surface area contributed by atoms with Crippen LogP contribution in [0.3, 0.4) is 0 Å². The van der Waals surface area contributed by atoms with Crippen molar-refractivity contribution in [3.63, 3.8) is 0 Å². The van der Waals surface area contributed by atoms with Gasteiger partial charge in [0.15, 0.2) is 0 Å². The van der Waals surface area contributed by atoms with Crippen molar-refractivity contribution in [3.05, 3.63) is 29.8 Å². The lowest BCUT2D eigenvalue weighted by Gasteiger charge is -2.10. The molecule has 0 heterocycles. The van der Waals surface area contributed by atoms with Crippen LogP contribution in [0.1, 0.15) is 31.7 Å². The molecule has 0 bridgehead atoms. The van der Waals surface area contributed by atoms with E-state index in [0.717, 1.165) is 5.56 Å². The summed E-state index contributed by atoms with van der Waals surface area (Å²) in [5, 5.41) is 0. The maximum atomic E-state index is 11.3. The number of esters is 1. The molecule has 1 atom stereocenters. The molecule has 0 N–H and O–H groups in total. The van der Waals surface area contributed by atoms with E-state index >= 15 is 0 Å². The first-order valence-electron chi connectivity index (χ1n) is 5.50. The number of hydrogen-bond donors (Lipinski definition) is 0. The lowest BCUT2D eigenvalue weighted by atomic mass is 9.98. The fourth-order valence-electron chi connectivity index (χ4n) is 1.52. The van der Waals surface area contributed by atoms with Crippen molar-refractivity contribution in [1.29, 1.82) is 0 Å². The molecule has 4 nitrogen and oxygen atoms in total. The summed E-state index contributed by atoms with van der Waals surface area (Å²) in [6.45, 7) is 4.14. The Hall–Kier alpha value is -1.93. The van der Waals surface area contributed by atoms with Crippen LogP contribution in [-0.4, -0.2) is 18.7 Å². The number of carbonyl (C=O) groups excluding carboxylic acids is 2. The molecule has 0 aliphatic carbocycles. The van der Waals surface area contributed by atoms with Crippen LogP contribution in [-0.2, 0) is 14.3 Å². The van der Waals surface area contributed by atoms with Gasteiger partial charge in [0.2, 0.25) is 6.08 Å². The number of aliphatic imine (C=N–C) groups is 1. The summed E-state index contributed by atoms with van der Waals surface area (Å²) < 4.78 is 4.89. The number of rotatable bonds is 5. The van der Waals surface area contributed by atoms with Gasteiger partial charge < -0.3 is 4.74 Å². The predicted molar refractivity (Wildman–Crippen MR) is 63.9 cm³/mol. The second kappa shape index (κ2) is 6.61. The number of ether oxygens (including phenoxy) is 1. The molecule has 0 spiro atoms. The van der Waals surface area contributed by atoms with Crippen molar-refractivity contribution in [2.24, 2.45) is 4.99 Å². The molecule has 4 heteroatoms. The van der Waals surface area contributed by atoms with Crippen LogP contribution < -0.4 is 0 Å². The summed E-state index contributed by atoms with van der Waals surface area (Å²) in [7, 11) is 0. The van der Waals surface area contributed by atoms with E-state index in [1.807, 2.05) is 19.1 Å². The Kier molecular flexibility index (Phi) is 5.11. The molecule has 0 aromatic heterocycles. The van der Waals surface area contributed by atoms with Crippen LogP contribution >= 0.6 is 0 Å². The number of carbonyl (C=O) groups is 1. The SMILES string of the molecule is CCOC(=O)CC(C)c1ccc(N=C=O)cc1. The van der Waals surface area contributed by atoms with Gasteiger partial charge in [-0.25, -0.2) is 4.79 Å². The molecule has 1 unspecified atom stereocenters. The van der Waals surface area contributed by atoms with Crippen LogP contribution in [0.4, 0.5) is 5.69 Å². The highest BCUT2D eigenvalue weighted by molar-refractivity contribution is 5.70. The van der Waals surface area contributed by atoms with Gasteiger partial charge in [0, 0.05) is 0 Å². The summed E-state index contributed by atoms with van der Waals surface area (Å²) in [5.74, 6) is -0.113. The van der Waals surface area contributed by atoms with Gasteiger partial charge in [-0.05, 0) is 30.5 Å². The normalized spacial score (nSPS) is 11.4. The Balaban J connectivity index is 2.66. The minimum absolute atomic E-state index is 0.0864. The summed E-state index contributed by atoms with van der Waals surface area (Å²) in [6.07, 6.45) is 1.83. The maximum absolute atomic E-state index is 11.3. The monoisotopic (exact) mass is 233 g/mol. The third-order valence-corrected chi connectivity index (χ3v) is 2.42. The topological polar surface area (TPSA) is 55.7 Å². The molecule has 0 aliphatic heterocycles. The standard InChI is InChI=1S/C13H15NO3/c1-3-17-13(16)8-10(2)11-4-6-12(7-5-11)14-9-15/h4-7,10H,3,8H2,1-2H3. The van der Waals surface area contributed by atoms with Gasteiger partial charge in [-0.15, -0.1) is 0 Å². The fourth-order valence-corrected chi connectivity index (χ4v) is 1.52. The van der Waals surface area contributed by atoms with Crippen LogP contribution in [0.15, 0.2) is 29.3 Å². The molecule has 0 saturated carbocycles. The van der Waals surface area contributed by atoms with Crippen molar-refractivity contribution in [2.45, 2.75) is 26.2 Å². The highest BCUT2D eigenvalue weighted by Gasteiger charge is 2.11. The first-order valence-corrected chi connectivity index (χ1v) is 5.50. The van der Waals surface area contributed by atoms with E-state index in [9.17, 15) is 9.59 Å². The van der Waals surface area contributed by atoms with Crippen molar-refractivity contribution in [3.8, 4) is 0 Å². The average molecular weight is 233 g/mol. The van der Waals surface area contributed by atoms with E-state index in [2.05, 4.69) is 4.99 Å². The van der Waals surface area contributed by atoms with Gasteiger partial charge in [-0.1, -0.05) is 19.1 Å². The van der Waals surface area contributed by atoms with E-state index in [1.54, 1.807) is 19.1 Å². The van der Waals surface area contributed by atoms with Crippen LogP contribution in [0.2, 0.25) is 0 Å². The van der Waals surface area contributed by atoms with E-state index in [0.29, 0.717) is 18.7 Å². The van der Waals surface area contributed by atoms with E-state index in [4.69, 9.17) is 4.74 Å². The predicted octanol–water partition coefficient (Wildman–Crippen LogP) is 2.71. The fraction of sp³-hybridized carbons (Fsp3) is 0.385. The van der Waals surface area contributed by atoms with E-state index < -0.39 is 0 Å². The Morgan fingerprint density at radius 3 is 2.59 bits per heavy atom. The van der Waals surface area contributed by atoms with Crippen LogP contribution in [0, 0.1) is 0 Å². The quantitative estimate of drug-likeness (QED) is 0.446. The van der Waals surface area contributed by atoms with Gasteiger partial charge in [0.25, 0.3) is 0 Å². The maximum Gasteiger partial charge on any atom is 0.306 e. The van der Waals surface area contributed by atoms with Crippen molar-refractivity contribution in [2.75, 3.05) is 6.61 Å². The molecule has 0 saturated heterocycles. The average Bonchev–Trinajstić information content (AvgIpc) is 2.30. The first kappa shape index (κ1) is 13.1. The molecule has 1 aromatic carbocycles. The zero-order valence-corrected chi connectivity index (χ0v) is 9.97. The molecule has 1 rings (SSSR count). The minimum Gasteiger partial charge on any atom is -0.466 e. The van der Waals surface area contributed by atoms with Gasteiger partial charge in [-0.3, -0.25) is 4.79 Å². The first-order chi connectivity index (χ1) is 8.17. The molecular formula is C13H15NO3. The van der Waals surface area contributed by atoms with E-state index in [1.165, 1.54) is 6.08 Å². The van der Waals surface area contributed by atoms with Gasteiger partial charge in [0.1, 0.15) is 0 Å². The Bertz CT molecular complexity index is 419. The second-order valence-corrected chi connectivity index (χ2v) is 3.70.